The van der Waals surface area contributed by atoms with E-state index in [2.05, 4.69) is 4.98 Å². The topological polar surface area (TPSA) is 53.1 Å². The minimum Gasteiger partial charge on any atom is -0.483 e. The maximum Gasteiger partial charge on any atom is 0.165 e. The van der Waals surface area contributed by atoms with Crippen molar-refractivity contribution in [3.05, 3.63) is 47.8 Å². The number of hydrogen-bond acceptors (Lipinski definition) is 3. The van der Waals surface area contributed by atoms with E-state index in [0.29, 0.717) is 6.54 Å². The molecule has 1 aromatic carbocycles. The zero-order valence-corrected chi connectivity index (χ0v) is 9.56. The molecule has 0 bridgehead atoms. The zero-order valence-electron chi connectivity index (χ0n) is 9.56. The van der Waals surface area contributed by atoms with Gasteiger partial charge in [-0.15, -0.1) is 0 Å². The number of aryl methyl sites for hydroxylation is 1. The highest BCUT2D eigenvalue weighted by Gasteiger charge is 2.06. The third kappa shape index (κ3) is 2.62. The van der Waals surface area contributed by atoms with Crippen molar-refractivity contribution in [3.63, 3.8) is 0 Å². The molecule has 2 rings (SSSR count). The number of aromatic nitrogens is 2. The Hall–Kier alpha value is -1.88. The summed E-state index contributed by atoms with van der Waals surface area (Å²) in [7, 11) is 1.86. The summed E-state index contributed by atoms with van der Waals surface area (Å²) in [5.74, 6) is 0.555. The summed E-state index contributed by atoms with van der Waals surface area (Å²) in [4.78, 5) is 4.09. The molecule has 2 aromatic rings. The lowest BCUT2D eigenvalue weighted by Gasteiger charge is -2.08. The highest BCUT2D eigenvalue weighted by Crippen LogP contribution is 2.19. The van der Waals surface area contributed by atoms with Gasteiger partial charge < -0.3 is 15.0 Å². The van der Waals surface area contributed by atoms with Gasteiger partial charge in [-0.2, -0.15) is 0 Å². The van der Waals surface area contributed by atoms with Crippen molar-refractivity contribution in [3.8, 4) is 5.75 Å². The number of ether oxygens (including phenoxy) is 1. The van der Waals surface area contributed by atoms with Crippen LogP contribution in [-0.4, -0.2) is 9.55 Å². The molecule has 0 aliphatic carbocycles. The molecule has 1 heterocycles. The highest BCUT2D eigenvalue weighted by molar-refractivity contribution is 5.29. The molecule has 90 valence electrons. The van der Waals surface area contributed by atoms with Crippen LogP contribution in [0.5, 0.6) is 5.75 Å². The quantitative estimate of drug-likeness (QED) is 0.875. The number of halogens is 1. The number of hydrogen-bond donors (Lipinski definition) is 1. The van der Waals surface area contributed by atoms with Crippen LogP contribution in [0.4, 0.5) is 4.39 Å². The third-order valence-corrected chi connectivity index (χ3v) is 2.51. The van der Waals surface area contributed by atoms with E-state index in [-0.39, 0.29) is 12.4 Å². The average molecular weight is 235 g/mol. The predicted molar refractivity (Wildman–Crippen MR) is 61.8 cm³/mol. The van der Waals surface area contributed by atoms with Gasteiger partial charge in [-0.3, -0.25) is 0 Å². The Morgan fingerprint density at radius 2 is 2.29 bits per heavy atom. The maximum absolute atomic E-state index is 13.6. The van der Waals surface area contributed by atoms with Crippen LogP contribution in [0.2, 0.25) is 0 Å². The second-order valence-corrected chi connectivity index (χ2v) is 3.71. The van der Waals surface area contributed by atoms with Crippen LogP contribution >= 0.6 is 0 Å². The highest BCUT2D eigenvalue weighted by atomic mass is 19.1. The molecular formula is C12H14FN3O. The number of nitrogens with zero attached hydrogens (tertiary/aromatic N) is 2. The molecule has 0 aliphatic rings. The monoisotopic (exact) mass is 235 g/mol. The number of nitrogens with two attached hydrogens (primary N) is 1. The van der Waals surface area contributed by atoms with E-state index in [4.69, 9.17) is 10.5 Å². The molecule has 0 saturated carbocycles. The molecule has 4 nitrogen and oxygen atoms in total. The first-order valence-electron chi connectivity index (χ1n) is 5.28. The van der Waals surface area contributed by atoms with Crippen LogP contribution in [0.25, 0.3) is 0 Å². The predicted octanol–water partition coefficient (Wildman–Crippen LogP) is 1.60. The van der Waals surface area contributed by atoms with E-state index in [1.54, 1.807) is 18.3 Å². The molecule has 0 amide bonds. The van der Waals surface area contributed by atoms with Crippen LogP contribution in [0, 0.1) is 5.82 Å². The van der Waals surface area contributed by atoms with Crippen LogP contribution in [0.3, 0.4) is 0 Å². The molecule has 0 unspecified atom stereocenters. The molecule has 0 atom stereocenters. The van der Waals surface area contributed by atoms with Gasteiger partial charge in [0.1, 0.15) is 12.4 Å². The van der Waals surface area contributed by atoms with Crippen LogP contribution in [-0.2, 0) is 20.2 Å². The Morgan fingerprint density at radius 3 is 2.88 bits per heavy atom. The fourth-order valence-electron chi connectivity index (χ4n) is 1.47. The smallest absolute Gasteiger partial charge is 0.165 e. The fourth-order valence-corrected chi connectivity index (χ4v) is 1.47. The van der Waals surface area contributed by atoms with E-state index in [1.807, 2.05) is 17.8 Å². The first-order chi connectivity index (χ1) is 8.20. The second-order valence-electron chi connectivity index (χ2n) is 3.71. The van der Waals surface area contributed by atoms with E-state index in [9.17, 15) is 4.39 Å². The molecule has 1 aromatic heterocycles. The van der Waals surface area contributed by atoms with Crippen molar-refractivity contribution < 1.29 is 9.13 Å². The van der Waals surface area contributed by atoms with Gasteiger partial charge in [-0.1, -0.05) is 6.07 Å². The fraction of sp³-hybridized carbons (Fsp3) is 0.250. The number of imidazole rings is 1. The van der Waals surface area contributed by atoms with Gasteiger partial charge in [0.15, 0.2) is 11.6 Å². The minimum absolute atomic E-state index is 0.213. The lowest BCUT2D eigenvalue weighted by molar-refractivity contribution is 0.277. The summed E-state index contributed by atoms with van der Waals surface area (Å²) in [6, 6.07) is 4.71. The van der Waals surface area contributed by atoms with E-state index < -0.39 is 5.82 Å². The van der Waals surface area contributed by atoms with Crippen molar-refractivity contribution >= 4 is 0 Å². The average Bonchev–Trinajstić information content (AvgIpc) is 2.73. The Balaban J connectivity index is 2.07. The first-order valence-corrected chi connectivity index (χ1v) is 5.28. The lowest BCUT2D eigenvalue weighted by Crippen LogP contribution is -2.04. The van der Waals surface area contributed by atoms with Gasteiger partial charge in [-0.05, 0) is 17.7 Å². The van der Waals surface area contributed by atoms with Crippen LogP contribution in [0.15, 0.2) is 30.6 Å². The van der Waals surface area contributed by atoms with E-state index in [0.717, 1.165) is 11.4 Å². The van der Waals surface area contributed by atoms with Gasteiger partial charge in [0.2, 0.25) is 0 Å². The Morgan fingerprint density at radius 1 is 1.47 bits per heavy atom. The summed E-state index contributed by atoms with van der Waals surface area (Å²) >= 11 is 0. The second kappa shape index (κ2) is 4.97. The maximum atomic E-state index is 13.6. The van der Waals surface area contributed by atoms with Crippen molar-refractivity contribution in [2.75, 3.05) is 0 Å². The SMILES string of the molecule is Cn1ccnc1COc1ccc(CN)cc1F. The largest absolute Gasteiger partial charge is 0.483 e. The molecule has 5 heteroatoms. The van der Waals surface area contributed by atoms with Crippen molar-refractivity contribution in [2.24, 2.45) is 12.8 Å². The van der Waals surface area contributed by atoms with E-state index in [1.165, 1.54) is 6.07 Å². The Labute approximate surface area is 98.8 Å². The molecular weight excluding hydrogens is 221 g/mol. The van der Waals surface area contributed by atoms with Crippen molar-refractivity contribution in [2.45, 2.75) is 13.2 Å². The summed E-state index contributed by atoms with van der Waals surface area (Å²) < 4.78 is 20.7. The molecule has 2 N–H and O–H groups in total. The van der Waals surface area contributed by atoms with Gasteiger partial charge in [0, 0.05) is 26.0 Å². The summed E-state index contributed by atoms with van der Waals surface area (Å²) in [6.45, 7) is 0.555. The summed E-state index contributed by atoms with van der Waals surface area (Å²) in [5.41, 5.74) is 6.16. The van der Waals surface area contributed by atoms with Crippen molar-refractivity contribution in [1.29, 1.82) is 0 Å². The van der Waals surface area contributed by atoms with Gasteiger partial charge >= 0.3 is 0 Å². The third-order valence-electron chi connectivity index (χ3n) is 2.51. The molecule has 0 saturated heterocycles. The van der Waals surface area contributed by atoms with Gasteiger partial charge in [0.25, 0.3) is 0 Å². The summed E-state index contributed by atoms with van der Waals surface area (Å²) in [5, 5.41) is 0. The van der Waals surface area contributed by atoms with E-state index >= 15 is 0 Å². The molecule has 0 aliphatic heterocycles. The zero-order chi connectivity index (χ0) is 12.3. The Bertz CT molecular complexity index is 510. The van der Waals surface area contributed by atoms with Crippen LogP contribution in [0.1, 0.15) is 11.4 Å². The first kappa shape index (κ1) is 11.6. The molecule has 0 fully saturated rings. The normalized spacial score (nSPS) is 10.5. The Kier molecular flexibility index (Phi) is 3.39. The van der Waals surface area contributed by atoms with Gasteiger partial charge in [-0.25, -0.2) is 9.37 Å². The van der Waals surface area contributed by atoms with Crippen LogP contribution < -0.4 is 10.5 Å². The number of benzene rings is 1. The lowest BCUT2D eigenvalue weighted by atomic mass is 10.2. The minimum atomic E-state index is -0.401. The number of rotatable bonds is 4. The molecule has 0 radical (unpaired) electrons. The van der Waals surface area contributed by atoms with Gasteiger partial charge in [0.05, 0.1) is 0 Å². The molecule has 17 heavy (non-hydrogen) atoms. The van der Waals surface area contributed by atoms with Crippen molar-refractivity contribution in [1.82, 2.24) is 9.55 Å². The molecule has 0 spiro atoms. The standard InChI is InChI=1S/C12H14FN3O/c1-16-5-4-15-12(16)8-17-11-3-2-9(7-14)6-10(11)13/h2-6H,7-8,14H2,1H3. The summed E-state index contributed by atoms with van der Waals surface area (Å²) in [6.07, 6.45) is 3.49.